The minimum Gasteiger partial charge on any atom is -0.380 e. The Labute approximate surface area is 125 Å². The van der Waals surface area contributed by atoms with Gasteiger partial charge in [0.2, 0.25) is 0 Å². The van der Waals surface area contributed by atoms with Crippen LogP contribution < -0.4 is 0 Å². The number of carbonyl (C=O) groups is 1. The minimum absolute atomic E-state index is 0.150. The van der Waals surface area contributed by atoms with Crippen molar-refractivity contribution in [2.75, 3.05) is 33.4 Å². The summed E-state index contributed by atoms with van der Waals surface area (Å²) in [6.07, 6.45) is 4.44. The number of nitrogens with zero attached hydrogens (tertiary/aromatic N) is 1. The first-order chi connectivity index (χ1) is 10.2. The third-order valence-corrected chi connectivity index (χ3v) is 3.97. The molecule has 0 radical (unpaired) electrons. The molecule has 1 fully saturated rings. The maximum Gasteiger partial charge on any atom is 0.178 e. The van der Waals surface area contributed by atoms with Gasteiger partial charge in [-0.2, -0.15) is 0 Å². The van der Waals surface area contributed by atoms with Crippen LogP contribution in [0.25, 0.3) is 10.9 Å². The highest BCUT2D eigenvalue weighted by Gasteiger charge is 2.21. The molecule has 0 amide bonds. The number of hydrogen-bond donors (Lipinski definition) is 1. The lowest BCUT2D eigenvalue weighted by Gasteiger charge is -2.15. The molecule has 0 bridgehead atoms. The zero-order valence-corrected chi connectivity index (χ0v) is 12.5. The van der Waals surface area contributed by atoms with E-state index in [9.17, 15) is 4.79 Å². The Bertz CT molecular complexity index is 616. The van der Waals surface area contributed by atoms with E-state index >= 15 is 0 Å². The molecule has 0 saturated heterocycles. The number of Topliss-reactive ketones (excluding diaryl/α,β-unsaturated/α-hetero) is 1. The molecule has 0 unspecified atom stereocenters. The second-order valence-corrected chi connectivity index (χ2v) is 5.93. The minimum atomic E-state index is 0.150. The molecule has 112 valence electrons. The topological polar surface area (TPSA) is 45.3 Å². The standard InChI is InChI=1S/C17H22N2O2/c1-19(8-9-21-12-13-6-7-13)11-17(20)15-10-18-16-5-3-2-4-14(15)16/h2-5,10,13,18H,6-9,11-12H2,1H3. The van der Waals surface area contributed by atoms with Gasteiger partial charge in [-0.25, -0.2) is 0 Å². The Morgan fingerprint density at radius 1 is 1.38 bits per heavy atom. The van der Waals surface area contributed by atoms with Crippen molar-refractivity contribution in [2.24, 2.45) is 5.92 Å². The van der Waals surface area contributed by atoms with Crippen molar-refractivity contribution in [1.82, 2.24) is 9.88 Å². The molecule has 1 aliphatic carbocycles. The molecule has 1 aromatic carbocycles. The number of hydrogen-bond acceptors (Lipinski definition) is 3. The van der Waals surface area contributed by atoms with E-state index in [1.54, 1.807) is 0 Å². The summed E-state index contributed by atoms with van der Waals surface area (Å²) in [4.78, 5) is 17.6. The molecule has 21 heavy (non-hydrogen) atoms. The van der Waals surface area contributed by atoms with Crippen molar-refractivity contribution in [3.8, 4) is 0 Å². The van der Waals surface area contributed by atoms with Gasteiger partial charge >= 0.3 is 0 Å². The van der Waals surface area contributed by atoms with Gasteiger partial charge in [-0.3, -0.25) is 9.69 Å². The molecule has 0 spiro atoms. The summed E-state index contributed by atoms with van der Waals surface area (Å²) in [5, 5.41) is 1.00. The lowest BCUT2D eigenvalue weighted by molar-refractivity contribution is 0.0862. The molecular formula is C17H22N2O2. The van der Waals surface area contributed by atoms with Crippen LogP contribution >= 0.6 is 0 Å². The zero-order valence-electron chi connectivity index (χ0n) is 12.5. The van der Waals surface area contributed by atoms with Crippen molar-refractivity contribution in [3.05, 3.63) is 36.0 Å². The van der Waals surface area contributed by atoms with E-state index in [1.807, 2.05) is 42.4 Å². The van der Waals surface area contributed by atoms with Crippen LogP contribution in [0.15, 0.2) is 30.5 Å². The molecule has 2 aromatic rings. The average molecular weight is 286 g/mol. The number of para-hydroxylation sites is 1. The zero-order chi connectivity index (χ0) is 14.7. The second-order valence-electron chi connectivity index (χ2n) is 5.93. The molecule has 1 saturated carbocycles. The number of aromatic nitrogens is 1. The molecule has 1 N–H and O–H groups in total. The molecule has 1 aliphatic rings. The fourth-order valence-electron chi connectivity index (χ4n) is 2.47. The van der Waals surface area contributed by atoms with Crippen LogP contribution in [-0.2, 0) is 4.74 Å². The fraction of sp³-hybridized carbons (Fsp3) is 0.471. The first kappa shape index (κ1) is 14.3. The van der Waals surface area contributed by atoms with Gasteiger partial charge in [0.1, 0.15) is 0 Å². The van der Waals surface area contributed by atoms with Gasteiger partial charge in [-0.15, -0.1) is 0 Å². The van der Waals surface area contributed by atoms with Crippen LogP contribution in [0.1, 0.15) is 23.2 Å². The van der Waals surface area contributed by atoms with Crippen molar-refractivity contribution in [1.29, 1.82) is 0 Å². The monoisotopic (exact) mass is 286 g/mol. The lowest BCUT2D eigenvalue weighted by Crippen LogP contribution is -2.29. The van der Waals surface area contributed by atoms with Crippen molar-refractivity contribution in [3.63, 3.8) is 0 Å². The fourth-order valence-corrected chi connectivity index (χ4v) is 2.47. The summed E-state index contributed by atoms with van der Waals surface area (Å²) in [5.74, 6) is 0.945. The van der Waals surface area contributed by atoms with Gasteiger partial charge in [-0.1, -0.05) is 18.2 Å². The highest BCUT2D eigenvalue weighted by Crippen LogP contribution is 2.28. The predicted octanol–water partition coefficient (Wildman–Crippen LogP) is 2.71. The molecule has 4 heteroatoms. The molecule has 3 rings (SSSR count). The van der Waals surface area contributed by atoms with E-state index in [-0.39, 0.29) is 5.78 Å². The summed E-state index contributed by atoms with van der Waals surface area (Å²) in [5.41, 5.74) is 1.78. The van der Waals surface area contributed by atoms with E-state index in [4.69, 9.17) is 4.74 Å². The number of aromatic amines is 1. The quantitative estimate of drug-likeness (QED) is 0.599. The molecule has 4 nitrogen and oxygen atoms in total. The third kappa shape index (κ3) is 3.71. The number of ketones is 1. The summed E-state index contributed by atoms with van der Waals surface area (Å²) < 4.78 is 5.61. The van der Waals surface area contributed by atoms with Crippen LogP contribution in [-0.4, -0.2) is 49.0 Å². The average Bonchev–Trinajstić information content (AvgIpc) is 3.20. The summed E-state index contributed by atoms with van der Waals surface area (Å²) >= 11 is 0. The first-order valence-corrected chi connectivity index (χ1v) is 7.59. The van der Waals surface area contributed by atoms with E-state index in [1.165, 1.54) is 12.8 Å². The molecule has 1 heterocycles. The number of ether oxygens (including phenoxy) is 1. The van der Waals surface area contributed by atoms with Gasteiger partial charge in [0.05, 0.1) is 13.2 Å². The molecule has 0 aliphatic heterocycles. The SMILES string of the molecule is CN(CCOCC1CC1)CC(=O)c1c[nH]c2ccccc12. The van der Waals surface area contributed by atoms with Gasteiger partial charge in [-0.05, 0) is 31.9 Å². The Kier molecular flexibility index (Phi) is 4.36. The van der Waals surface area contributed by atoms with E-state index in [0.717, 1.165) is 35.5 Å². The number of fused-ring (bicyclic) bond motifs is 1. The maximum absolute atomic E-state index is 12.4. The number of carbonyl (C=O) groups excluding carboxylic acids is 1. The van der Waals surface area contributed by atoms with Gasteiger partial charge in [0.15, 0.2) is 5.78 Å². The number of H-pyrrole nitrogens is 1. The lowest BCUT2D eigenvalue weighted by atomic mass is 10.1. The highest BCUT2D eigenvalue weighted by molar-refractivity contribution is 6.08. The summed E-state index contributed by atoms with van der Waals surface area (Å²) in [7, 11) is 1.97. The largest absolute Gasteiger partial charge is 0.380 e. The van der Waals surface area contributed by atoms with Gasteiger partial charge in [0.25, 0.3) is 0 Å². The Balaban J connectivity index is 1.50. The van der Waals surface area contributed by atoms with E-state index in [2.05, 4.69) is 4.98 Å². The van der Waals surface area contributed by atoms with Crippen LogP contribution in [0.5, 0.6) is 0 Å². The van der Waals surface area contributed by atoms with Crippen LogP contribution in [0.2, 0.25) is 0 Å². The van der Waals surface area contributed by atoms with Crippen LogP contribution in [0, 0.1) is 5.92 Å². The normalized spacial score (nSPS) is 15.0. The smallest absolute Gasteiger partial charge is 0.178 e. The van der Waals surface area contributed by atoms with Crippen LogP contribution in [0.4, 0.5) is 0 Å². The number of rotatable bonds is 8. The summed E-state index contributed by atoms with van der Waals surface area (Å²) in [6, 6.07) is 7.90. The van der Waals surface area contributed by atoms with Crippen molar-refractivity contribution >= 4 is 16.7 Å². The number of benzene rings is 1. The molecule has 1 aromatic heterocycles. The highest BCUT2D eigenvalue weighted by atomic mass is 16.5. The van der Waals surface area contributed by atoms with Gasteiger partial charge in [0, 0.05) is 35.8 Å². The maximum atomic E-state index is 12.4. The van der Waals surface area contributed by atoms with Crippen molar-refractivity contribution < 1.29 is 9.53 Å². The predicted molar refractivity (Wildman–Crippen MR) is 83.7 cm³/mol. The second kappa shape index (κ2) is 6.41. The molecule has 0 atom stereocenters. The van der Waals surface area contributed by atoms with Crippen LogP contribution in [0.3, 0.4) is 0 Å². The summed E-state index contributed by atoms with van der Waals surface area (Å²) in [6.45, 7) is 2.80. The van der Waals surface area contributed by atoms with Gasteiger partial charge < -0.3 is 9.72 Å². The molecular weight excluding hydrogens is 264 g/mol. The Hall–Kier alpha value is -1.65. The number of nitrogens with one attached hydrogen (secondary N) is 1. The number of likely N-dealkylation sites (N-methyl/N-ethyl adjacent to an activating group) is 1. The Morgan fingerprint density at radius 3 is 3.00 bits per heavy atom. The third-order valence-electron chi connectivity index (χ3n) is 3.97. The van der Waals surface area contributed by atoms with E-state index < -0.39 is 0 Å². The first-order valence-electron chi connectivity index (χ1n) is 7.59. The van der Waals surface area contributed by atoms with E-state index in [0.29, 0.717) is 13.2 Å². The Morgan fingerprint density at radius 2 is 2.19 bits per heavy atom. The van der Waals surface area contributed by atoms with Crippen molar-refractivity contribution in [2.45, 2.75) is 12.8 Å².